The molecule has 0 aromatic heterocycles. The average molecular weight is 295 g/mol. The highest BCUT2D eigenvalue weighted by atomic mass is 16.4. The average Bonchev–Trinajstić information content (AvgIpc) is 3.22. The molecule has 1 amide bonds. The van der Waals surface area contributed by atoms with Gasteiger partial charge in [0.2, 0.25) is 5.91 Å². The maximum absolute atomic E-state index is 12.7. The van der Waals surface area contributed by atoms with Crippen LogP contribution in [0.15, 0.2) is 0 Å². The second kappa shape index (κ2) is 6.37. The van der Waals surface area contributed by atoms with Gasteiger partial charge in [-0.3, -0.25) is 9.59 Å². The predicted molar refractivity (Wildman–Crippen MR) is 81.9 cm³/mol. The van der Waals surface area contributed by atoms with Crippen LogP contribution in [0.2, 0.25) is 0 Å². The summed E-state index contributed by atoms with van der Waals surface area (Å²) in [7, 11) is 0. The molecule has 0 aliphatic heterocycles. The SMILES string of the molecule is CC(C)(C)C1CCC(C(=O)N(CCC(=O)O)C2CC2)CC1. The van der Waals surface area contributed by atoms with Gasteiger partial charge >= 0.3 is 5.97 Å². The Hall–Kier alpha value is -1.06. The molecule has 2 aliphatic rings. The zero-order valence-corrected chi connectivity index (χ0v) is 13.6. The Morgan fingerprint density at radius 1 is 1.05 bits per heavy atom. The summed E-state index contributed by atoms with van der Waals surface area (Å²) in [4.78, 5) is 25.3. The van der Waals surface area contributed by atoms with Crippen molar-refractivity contribution in [3.63, 3.8) is 0 Å². The van der Waals surface area contributed by atoms with Crippen LogP contribution < -0.4 is 0 Å². The topological polar surface area (TPSA) is 57.6 Å². The van der Waals surface area contributed by atoms with Crippen LogP contribution in [0.4, 0.5) is 0 Å². The molecule has 0 heterocycles. The van der Waals surface area contributed by atoms with Crippen molar-refractivity contribution >= 4 is 11.9 Å². The normalized spacial score (nSPS) is 26.4. The van der Waals surface area contributed by atoms with Gasteiger partial charge in [-0.2, -0.15) is 0 Å². The monoisotopic (exact) mass is 295 g/mol. The van der Waals surface area contributed by atoms with Gasteiger partial charge in [0.1, 0.15) is 0 Å². The lowest BCUT2D eigenvalue weighted by atomic mass is 9.69. The Labute approximate surface area is 127 Å². The van der Waals surface area contributed by atoms with E-state index in [1.165, 1.54) is 0 Å². The highest BCUT2D eigenvalue weighted by molar-refractivity contribution is 5.80. The highest BCUT2D eigenvalue weighted by Crippen LogP contribution is 2.41. The Bertz CT molecular complexity index is 387. The molecule has 4 heteroatoms. The number of amides is 1. The molecule has 0 unspecified atom stereocenters. The van der Waals surface area contributed by atoms with E-state index in [2.05, 4.69) is 20.8 Å². The third kappa shape index (κ3) is 4.45. The van der Waals surface area contributed by atoms with Crippen LogP contribution in [0.1, 0.15) is 65.7 Å². The molecule has 21 heavy (non-hydrogen) atoms. The standard InChI is InChI=1S/C17H29NO3/c1-17(2,3)13-6-4-12(5-7-13)16(21)18(14-8-9-14)11-10-15(19)20/h12-14H,4-11H2,1-3H3,(H,19,20). The Morgan fingerprint density at radius 3 is 2.05 bits per heavy atom. The number of nitrogens with zero attached hydrogens (tertiary/aromatic N) is 1. The Balaban J connectivity index is 1.88. The summed E-state index contributed by atoms with van der Waals surface area (Å²) in [6, 6.07) is 0.317. The number of hydrogen-bond acceptors (Lipinski definition) is 2. The first-order valence-corrected chi connectivity index (χ1v) is 8.31. The number of rotatable bonds is 5. The molecule has 0 spiro atoms. The van der Waals surface area contributed by atoms with E-state index >= 15 is 0 Å². The molecule has 0 radical (unpaired) electrons. The molecule has 0 aromatic rings. The predicted octanol–water partition coefficient (Wildman–Crippen LogP) is 3.30. The molecule has 0 bridgehead atoms. The fourth-order valence-electron chi connectivity index (χ4n) is 3.52. The second-order valence-corrected chi connectivity index (χ2v) is 7.82. The zero-order chi connectivity index (χ0) is 15.6. The first-order valence-electron chi connectivity index (χ1n) is 8.31. The molecule has 0 atom stereocenters. The summed E-state index contributed by atoms with van der Waals surface area (Å²) in [5, 5.41) is 8.84. The minimum atomic E-state index is -0.815. The van der Waals surface area contributed by atoms with Crippen molar-refractivity contribution in [2.24, 2.45) is 17.3 Å². The molecule has 0 aromatic carbocycles. The van der Waals surface area contributed by atoms with E-state index in [4.69, 9.17) is 5.11 Å². The van der Waals surface area contributed by atoms with Gasteiger partial charge in [-0.25, -0.2) is 0 Å². The van der Waals surface area contributed by atoms with Gasteiger partial charge in [0, 0.05) is 18.5 Å². The van der Waals surface area contributed by atoms with E-state index in [0.717, 1.165) is 38.5 Å². The number of aliphatic carboxylic acids is 1. The van der Waals surface area contributed by atoms with Crippen LogP contribution in [-0.4, -0.2) is 34.5 Å². The van der Waals surface area contributed by atoms with E-state index in [1.54, 1.807) is 0 Å². The van der Waals surface area contributed by atoms with Gasteiger partial charge in [0.15, 0.2) is 0 Å². The fourth-order valence-corrected chi connectivity index (χ4v) is 3.52. The molecule has 0 saturated heterocycles. The molecule has 2 rings (SSSR count). The van der Waals surface area contributed by atoms with E-state index in [1.807, 2.05) is 4.90 Å². The number of carboxylic acids is 1. The lowest BCUT2D eigenvalue weighted by molar-refractivity contribution is -0.141. The minimum absolute atomic E-state index is 0.0690. The summed E-state index contributed by atoms with van der Waals surface area (Å²) in [6.45, 7) is 7.23. The Morgan fingerprint density at radius 2 is 1.62 bits per heavy atom. The van der Waals surface area contributed by atoms with E-state index in [-0.39, 0.29) is 18.2 Å². The van der Waals surface area contributed by atoms with E-state index < -0.39 is 5.97 Å². The van der Waals surface area contributed by atoms with Crippen LogP contribution in [-0.2, 0) is 9.59 Å². The van der Waals surface area contributed by atoms with Gasteiger partial charge in [0.05, 0.1) is 6.42 Å². The fraction of sp³-hybridized carbons (Fsp3) is 0.882. The summed E-state index contributed by atoms with van der Waals surface area (Å²) in [6.07, 6.45) is 6.34. The number of hydrogen-bond donors (Lipinski definition) is 1. The van der Waals surface area contributed by atoms with Crippen molar-refractivity contribution < 1.29 is 14.7 Å². The highest BCUT2D eigenvalue weighted by Gasteiger charge is 2.38. The third-order valence-electron chi connectivity index (χ3n) is 5.14. The van der Waals surface area contributed by atoms with Gasteiger partial charge in [-0.15, -0.1) is 0 Å². The molecule has 1 N–H and O–H groups in total. The lowest BCUT2D eigenvalue weighted by Gasteiger charge is -2.38. The van der Waals surface area contributed by atoms with Crippen LogP contribution in [0.3, 0.4) is 0 Å². The van der Waals surface area contributed by atoms with Gasteiger partial charge in [-0.05, 0) is 49.9 Å². The first-order chi connectivity index (χ1) is 9.79. The smallest absolute Gasteiger partial charge is 0.305 e. The molecular weight excluding hydrogens is 266 g/mol. The maximum atomic E-state index is 12.7. The molecule has 2 fully saturated rings. The number of carbonyl (C=O) groups is 2. The summed E-state index contributed by atoms with van der Waals surface area (Å²) in [5.74, 6) is 0.226. The van der Waals surface area contributed by atoms with Gasteiger partial charge in [0.25, 0.3) is 0 Å². The van der Waals surface area contributed by atoms with Crippen molar-refractivity contribution in [1.29, 1.82) is 0 Å². The van der Waals surface area contributed by atoms with Crippen LogP contribution in [0.5, 0.6) is 0 Å². The van der Waals surface area contributed by atoms with Gasteiger partial charge in [-0.1, -0.05) is 20.8 Å². The summed E-state index contributed by atoms with van der Waals surface area (Å²) >= 11 is 0. The second-order valence-electron chi connectivity index (χ2n) is 7.82. The first kappa shape index (κ1) is 16.3. The quantitative estimate of drug-likeness (QED) is 0.846. The molecule has 4 nitrogen and oxygen atoms in total. The van der Waals surface area contributed by atoms with Crippen molar-refractivity contribution in [3.05, 3.63) is 0 Å². The van der Waals surface area contributed by atoms with E-state index in [9.17, 15) is 9.59 Å². The van der Waals surface area contributed by atoms with Crippen molar-refractivity contribution in [2.45, 2.75) is 71.8 Å². The molecule has 2 saturated carbocycles. The summed E-state index contributed by atoms with van der Waals surface area (Å²) in [5.41, 5.74) is 0.327. The van der Waals surface area contributed by atoms with Crippen molar-refractivity contribution in [1.82, 2.24) is 4.90 Å². The number of carbonyl (C=O) groups excluding carboxylic acids is 1. The lowest BCUT2D eigenvalue weighted by Crippen LogP contribution is -2.41. The van der Waals surface area contributed by atoms with Crippen LogP contribution in [0.25, 0.3) is 0 Å². The number of carboxylic acid groups (broad SMARTS) is 1. The third-order valence-corrected chi connectivity index (χ3v) is 5.14. The van der Waals surface area contributed by atoms with Gasteiger partial charge < -0.3 is 10.0 Å². The van der Waals surface area contributed by atoms with Crippen molar-refractivity contribution in [2.75, 3.05) is 6.54 Å². The van der Waals surface area contributed by atoms with Crippen molar-refractivity contribution in [3.8, 4) is 0 Å². The summed E-state index contributed by atoms with van der Waals surface area (Å²) < 4.78 is 0. The largest absolute Gasteiger partial charge is 0.481 e. The van der Waals surface area contributed by atoms with Crippen LogP contribution in [0, 0.1) is 17.3 Å². The molecule has 120 valence electrons. The van der Waals surface area contributed by atoms with E-state index in [0.29, 0.717) is 23.9 Å². The zero-order valence-electron chi connectivity index (χ0n) is 13.6. The molecule has 2 aliphatic carbocycles. The Kier molecular flexibility index (Phi) is 4.95. The minimum Gasteiger partial charge on any atom is -0.481 e. The maximum Gasteiger partial charge on any atom is 0.305 e. The van der Waals surface area contributed by atoms with Crippen LogP contribution >= 0.6 is 0 Å². The molecular formula is C17H29NO3.